The van der Waals surface area contributed by atoms with Gasteiger partial charge in [-0.2, -0.15) is 0 Å². The summed E-state index contributed by atoms with van der Waals surface area (Å²) in [5.41, 5.74) is 0. The fourth-order valence-electron chi connectivity index (χ4n) is 2.28. The molecular formula is C8H15N. The molecule has 1 heteroatoms. The standard InChI is InChI=1S/C8H15N/c1-2-9-7-5-3-4-6-8(7)9/h7-8H,2-6H2,1H3. The maximum absolute atomic E-state index is 2.63. The number of fused-ring (bicyclic) bond motifs is 1. The Hall–Kier alpha value is -0.0400. The van der Waals surface area contributed by atoms with Crippen LogP contribution in [0.15, 0.2) is 0 Å². The fourth-order valence-corrected chi connectivity index (χ4v) is 2.28. The zero-order valence-electron chi connectivity index (χ0n) is 6.14. The Kier molecular flexibility index (Phi) is 1.26. The molecule has 52 valence electrons. The van der Waals surface area contributed by atoms with E-state index in [2.05, 4.69) is 11.8 Å². The van der Waals surface area contributed by atoms with Crippen LogP contribution < -0.4 is 0 Å². The Morgan fingerprint density at radius 1 is 1.22 bits per heavy atom. The van der Waals surface area contributed by atoms with Crippen LogP contribution in [0, 0.1) is 0 Å². The van der Waals surface area contributed by atoms with Crippen molar-refractivity contribution in [2.75, 3.05) is 6.54 Å². The first-order chi connectivity index (χ1) is 4.43. The highest BCUT2D eigenvalue weighted by Gasteiger charge is 2.46. The van der Waals surface area contributed by atoms with Gasteiger partial charge in [0.1, 0.15) is 0 Å². The molecule has 0 spiro atoms. The number of rotatable bonds is 1. The molecule has 1 nitrogen and oxygen atoms in total. The molecule has 1 saturated carbocycles. The summed E-state index contributed by atoms with van der Waals surface area (Å²) in [6, 6.07) is 2.03. The minimum absolute atomic E-state index is 1.02. The van der Waals surface area contributed by atoms with Gasteiger partial charge in [0, 0.05) is 12.1 Å². The van der Waals surface area contributed by atoms with Crippen molar-refractivity contribution in [3.8, 4) is 0 Å². The van der Waals surface area contributed by atoms with Gasteiger partial charge in [-0.3, -0.25) is 4.90 Å². The summed E-state index contributed by atoms with van der Waals surface area (Å²) < 4.78 is 0. The van der Waals surface area contributed by atoms with Gasteiger partial charge in [-0.15, -0.1) is 0 Å². The monoisotopic (exact) mass is 125 g/mol. The predicted molar refractivity (Wildman–Crippen MR) is 38.4 cm³/mol. The van der Waals surface area contributed by atoms with Crippen molar-refractivity contribution in [2.45, 2.75) is 44.7 Å². The molecule has 9 heavy (non-hydrogen) atoms. The molecule has 0 radical (unpaired) electrons. The maximum atomic E-state index is 2.63. The zero-order chi connectivity index (χ0) is 6.27. The van der Waals surface area contributed by atoms with Gasteiger partial charge < -0.3 is 0 Å². The van der Waals surface area contributed by atoms with E-state index < -0.39 is 0 Å². The van der Waals surface area contributed by atoms with Crippen LogP contribution in [0.5, 0.6) is 0 Å². The molecule has 2 rings (SSSR count). The van der Waals surface area contributed by atoms with Crippen molar-refractivity contribution in [1.29, 1.82) is 0 Å². The summed E-state index contributed by atoms with van der Waals surface area (Å²) in [4.78, 5) is 2.63. The van der Waals surface area contributed by atoms with Gasteiger partial charge in [-0.1, -0.05) is 19.8 Å². The summed E-state index contributed by atoms with van der Waals surface area (Å²) in [5, 5.41) is 0. The highest BCUT2D eigenvalue weighted by Crippen LogP contribution is 2.39. The number of likely N-dealkylation sites (tertiary alicyclic amines) is 1. The minimum Gasteiger partial charge on any atom is -0.295 e. The second-order valence-electron chi connectivity index (χ2n) is 3.25. The van der Waals surface area contributed by atoms with Crippen molar-refractivity contribution in [1.82, 2.24) is 4.90 Å². The second kappa shape index (κ2) is 1.98. The topological polar surface area (TPSA) is 3.01 Å². The van der Waals surface area contributed by atoms with Crippen LogP contribution in [0.4, 0.5) is 0 Å². The number of hydrogen-bond donors (Lipinski definition) is 0. The summed E-state index contributed by atoms with van der Waals surface area (Å²) in [6.07, 6.45) is 5.94. The first kappa shape index (κ1) is 5.72. The van der Waals surface area contributed by atoms with Gasteiger partial charge in [-0.05, 0) is 19.4 Å². The molecule has 0 amide bonds. The van der Waals surface area contributed by atoms with E-state index in [0.29, 0.717) is 0 Å². The molecule has 0 aromatic heterocycles. The zero-order valence-corrected chi connectivity index (χ0v) is 6.14. The molecule has 0 aromatic rings. The summed E-state index contributed by atoms with van der Waals surface area (Å²) in [5.74, 6) is 0. The largest absolute Gasteiger partial charge is 0.295 e. The van der Waals surface area contributed by atoms with E-state index in [0.717, 1.165) is 12.1 Å². The lowest BCUT2D eigenvalue weighted by molar-refractivity contribution is 0.506. The van der Waals surface area contributed by atoms with E-state index in [9.17, 15) is 0 Å². The van der Waals surface area contributed by atoms with E-state index in [1.807, 2.05) is 0 Å². The normalized spacial score (nSPS) is 48.3. The summed E-state index contributed by atoms with van der Waals surface area (Å²) in [7, 11) is 0. The third kappa shape index (κ3) is 0.787. The fraction of sp³-hybridized carbons (Fsp3) is 1.00. The Morgan fingerprint density at radius 2 is 1.78 bits per heavy atom. The van der Waals surface area contributed by atoms with E-state index >= 15 is 0 Å². The van der Waals surface area contributed by atoms with E-state index in [4.69, 9.17) is 0 Å². The Morgan fingerprint density at radius 3 is 2.22 bits per heavy atom. The molecule has 2 fully saturated rings. The van der Waals surface area contributed by atoms with Crippen LogP contribution in [-0.4, -0.2) is 23.5 Å². The van der Waals surface area contributed by atoms with Crippen LogP contribution in [0.1, 0.15) is 32.6 Å². The number of likely N-dealkylation sites (N-methyl/N-ethyl adjacent to an activating group) is 1. The van der Waals surface area contributed by atoms with Crippen molar-refractivity contribution in [2.24, 2.45) is 0 Å². The van der Waals surface area contributed by atoms with Crippen molar-refractivity contribution in [3.63, 3.8) is 0 Å². The molecule has 0 bridgehead atoms. The highest BCUT2D eigenvalue weighted by molar-refractivity contribution is 5.03. The third-order valence-electron chi connectivity index (χ3n) is 2.82. The van der Waals surface area contributed by atoms with Gasteiger partial charge in [0.25, 0.3) is 0 Å². The van der Waals surface area contributed by atoms with Crippen molar-refractivity contribution in [3.05, 3.63) is 0 Å². The maximum Gasteiger partial charge on any atom is 0.0255 e. The average molecular weight is 125 g/mol. The summed E-state index contributed by atoms with van der Waals surface area (Å²) >= 11 is 0. The van der Waals surface area contributed by atoms with E-state index in [1.165, 1.54) is 32.2 Å². The van der Waals surface area contributed by atoms with E-state index in [1.54, 1.807) is 0 Å². The number of nitrogens with zero attached hydrogens (tertiary/aromatic N) is 1. The molecule has 1 aliphatic heterocycles. The predicted octanol–water partition coefficient (Wildman–Crippen LogP) is 1.63. The van der Waals surface area contributed by atoms with Gasteiger partial charge >= 0.3 is 0 Å². The molecule has 2 aliphatic rings. The molecule has 2 unspecified atom stereocenters. The molecule has 1 aliphatic carbocycles. The second-order valence-corrected chi connectivity index (χ2v) is 3.25. The van der Waals surface area contributed by atoms with E-state index in [-0.39, 0.29) is 0 Å². The SMILES string of the molecule is CCN1C2CCCCC21. The first-order valence-corrected chi connectivity index (χ1v) is 4.19. The van der Waals surface area contributed by atoms with Crippen LogP contribution in [0.2, 0.25) is 0 Å². The van der Waals surface area contributed by atoms with Crippen molar-refractivity contribution < 1.29 is 0 Å². The Labute approximate surface area is 57.0 Å². The third-order valence-corrected chi connectivity index (χ3v) is 2.82. The van der Waals surface area contributed by atoms with Gasteiger partial charge in [-0.25, -0.2) is 0 Å². The Balaban J connectivity index is 1.91. The lowest BCUT2D eigenvalue weighted by atomic mass is 10.0. The smallest absolute Gasteiger partial charge is 0.0255 e. The van der Waals surface area contributed by atoms with Crippen LogP contribution in [0.3, 0.4) is 0 Å². The lowest BCUT2D eigenvalue weighted by Gasteiger charge is -2.02. The van der Waals surface area contributed by atoms with Gasteiger partial charge in [0.15, 0.2) is 0 Å². The summed E-state index contributed by atoms with van der Waals surface area (Å²) in [6.45, 7) is 3.56. The highest BCUT2D eigenvalue weighted by atomic mass is 15.3. The average Bonchev–Trinajstić information content (AvgIpc) is 2.60. The first-order valence-electron chi connectivity index (χ1n) is 4.19. The van der Waals surface area contributed by atoms with Gasteiger partial charge in [0.05, 0.1) is 0 Å². The van der Waals surface area contributed by atoms with Crippen LogP contribution in [-0.2, 0) is 0 Å². The van der Waals surface area contributed by atoms with Crippen LogP contribution in [0.25, 0.3) is 0 Å². The molecule has 1 heterocycles. The minimum atomic E-state index is 1.02. The Bertz CT molecular complexity index is 92.4. The van der Waals surface area contributed by atoms with Crippen LogP contribution >= 0.6 is 0 Å². The number of hydrogen-bond acceptors (Lipinski definition) is 1. The molecule has 1 saturated heterocycles. The van der Waals surface area contributed by atoms with Gasteiger partial charge in [0.2, 0.25) is 0 Å². The quantitative estimate of drug-likeness (QED) is 0.481. The molecular weight excluding hydrogens is 110 g/mol. The lowest BCUT2D eigenvalue weighted by Crippen LogP contribution is -2.00. The van der Waals surface area contributed by atoms with Crippen molar-refractivity contribution >= 4 is 0 Å². The molecule has 0 N–H and O–H groups in total. The molecule has 0 aromatic carbocycles. The molecule has 2 atom stereocenters.